The lowest BCUT2D eigenvalue weighted by molar-refractivity contribution is -0.138. The van der Waals surface area contributed by atoms with Gasteiger partial charge in [0.25, 0.3) is 0 Å². The molecule has 1 amide bonds. The number of nitrogens with two attached hydrogens (primary N) is 1. The van der Waals surface area contributed by atoms with Crippen LogP contribution in [0.25, 0.3) is 0 Å². The third kappa shape index (κ3) is 2.57. The van der Waals surface area contributed by atoms with Gasteiger partial charge in [0.2, 0.25) is 5.91 Å². The van der Waals surface area contributed by atoms with Gasteiger partial charge in [0, 0.05) is 24.9 Å². The minimum Gasteiger partial charge on any atom is -0.333 e. The second-order valence-electron chi connectivity index (χ2n) is 6.57. The zero-order valence-electron chi connectivity index (χ0n) is 13.0. The quantitative estimate of drug-likeness (QED) is 0.905. The van der Waals surface area contributed by atoms with Gasteiger partial charge in [0.1, 0.15) is 5.82 Å². The van der Waals surface area contributed by atoms with Gasteiger partial charge in [-0.05, 0) is 25.3 Å². The third-order valence-electron chi connectivity index (χ3n) is 4.89. The van der Waals surface area contributed by atoms with Crippen molar-refractivity contribution in [1.82, 2.24) is 19.7 Å². The monoisotopic (exact) mass is 291 g/mol. The van der Waals surface area contributed by atoms with Gasteiger partial charge in [0.15, 0.2) is 5.82 Å². The van der Waals surface area contributed by atoms with E-state index in [1.807, 2.05) is 4.90 Å². The van der Waals surface area contributed by atoms with E-state index in [4.69, 9.17) is 5.73 Å². The van der Waals surface area contributed by atoms with Gasteiger partial charge < -0.3 is 15.2 Å². The summed E-state index contributed by atoms with van der Waals surface area (Å²) in [6.07, 6.45) is 3.20. The summed E-state index contributed by atoms with van der Waals surface area (Å²) in [5.74, 6) is 3.06. The van der Waals surface area contributed by atoms with Crippen molar-refractivity contribution in [2.45, 2.75) is 52.1 Å². The molecule has 6 nitrogen and oxygen atoms in total. The molecule has 0 saturated heterocycles. The summed E-state index contributed by atoms with van der Waals surface area (Å²) in [5, 5.41) is 8.55. The average Bonchev–Trinajstić information content (AvgIpc) is 3.11. The van der Waals surface area contributed by atoms with Crippen LogP contribution in [0, 0.1) is 11.8 Å². The number of amides is 1. The summed E-state index contributed by atoms with van der Waals surface area (Å²) in [4.78, 5) is 14.7. The highest BCUT2D eigenvalue weighted by Crippen LogP contribution is 2.33. The van der Waals surface area contributed by atoms with E-state index in [1.165, 1.54) is 0 Å². The van der Waals surface area contributed by atoms with Crippen LogP contribution in [0.2, 0.25) is 0 Å². The molecule has 1 fully saturated rings. The number of rotatable bonds is 3. The van der Waals surface area contributed by atoms with Crippen molar-refractivity contribution in [3.63, 3.8) is 0 Å². The summed E-state index contributed by atoms with van der Waals surface area (Å²) >= 11 is 0. The van der Waals surface area contributed by atoms with Crippen LogP contribution in [0.5, 0.6) is 0 Å². The zero-order valence-corrected chi connectivity index (χ0v) is 13.0. The van der Waals surface area contributed by atoms with E-state index < -0.39 is 0 Å². The van der Waals surface area contributed by atoms with Crippen LogP contribution >= 0.6 is 0 Å². The Morgan fingerprint density at radius 2 is 2.14 bits per heavy atom. The summed E-state index contributed by atoms with van der Waals surface area (Å²) in [5.41, 5.74) is 5.81. The maximum atomic E-state index is 12.7. The molecule has 0 radical (unpaired) electrons. The molecule has 1 aromatic heterocycles. The average molecular weight is 291 g/mol. The molecule has 0 unspecified atom stereocenters. The Hall–Kier alpha value is -1.43. The molecule has 1 aliphatic carbocycles. The van der Waals surface area contributed by atoms with E-state index in [9.17, 15) is 4.79 Å². The lowest BCUT2D eigenvalue weighted by atomic mass is 9.94. The predicted molar refractivity (Wildman–Crippen MR) is 79.4 cm³/mol. The zero-order chi connectivity index (χ0) is 15.0. The number of hydrogen-bond acceptors (Lipinski definition) is 4. The van der Waals surface area contributed by atoms with E-state index in [0.29, 0.717) is 24.9 Å². The molecule has 2 N–H and O–H groups in total. The number of hydrogen-bond donors (Lipinski definition) is 1. The van der Waals surface area contributed by atoms with Crippen molar-refractivity contribution in [2.24, 2.45) is 17.6 Å². The van der Waals surface area contributed by atoms with Gasteiger partial charge >= 0.3 is 0 Å². The molecule has 116 valence electrons. The highest BCUT2D eigenvalue weighted by Gasteiger charge is 2.36. The number of fused-ring (bicyclic) bond motifs is 1. The molecule has 3 rings (SSSR count). The molecule has 6 heteroatoms. The summed E-state index contributed by atoms with van der Waals surface area (Å²) in [7, 11) is 0. The Balaban J connectivity index is 1.73. The fourth-order valence-corrected chi connectivity index (χ4v) is 3.67. The van der Waals surface area contributed by atoms with Crippen LogP contribution in [0.3, 0.4) is 0 Å². The molecule has 2 atom stereocenters. The molecule has 0 aromatic carbocycles. The van der Waals surface area contributed by atoms with Crippen LogP contribution in [0.4, 0.5) is 0 Å². The Morgan fingerprint density at radius 1 is 1.33 bits per heavy atom. The summed E-state index contributed by atoms with van der Waals surface area (Å²) in [6, 6.07) is 0. The van der Waals surface area contributed by atoms with Crippen LogP contribution in [-0.2, 0) is 17.9 Å². The second kappa shape index (κ2) is 5.75. The molecule has 1 aromatic rings. The molecule has 1 aliphatic heterocycles. The number of nitrogens with zero attached hydrogens (tertiary/aromatic N) is 4. The predicted octanol–water partition coefficient (Wildman–Crippen LogP) is 1.12. The van der Waals surface area contributed by atoms with E-state index >= 15 is 0 Å². The normalized spacial score (nSPS) is 25.4. The van der Waals surface area contributed by atoms with Crippen LogP contribution in [-0.4, -0.2) is 38.7 Å². The topological polar surface area (TPSA) is 77.0 Å². The Morgan fingerprint density at radius 3 is 2.86 bits per heavy atom. The summed E-state index contributed by atoms with van der Waals surface area (Å²) in [6.45, 7) is 7.03. The van der Waals surface area contributed by atoms with Crippen molar-refractivity contribution in [2.75, 3.05) is 13.1 Å². The van der Waals surface area contributed by atoms with Crippen LogP contribution < -0.4 is 5.73 Å². The first kappa shape index (κ1) is 14.5. The van der Waals surface area contributed by atoms with E-state index in [2.05, 4.69) is 28.6 Å². The maximum absolute atomic E-state index is 12.7. The standard InChI is InChI=1S/C15H25N5O/c1-10(2)14-18-17-13-9-19(6-7-20(13)14)15(21)12-5-3-4-11(12)8-16/h10-12H,3-9,16H2,1-2H3/t11-,12-/m1/s1. The van der Waals surface area contributed by atoms with Gasteiger partial charge in [-0.1, -0.05) is 20.3 Å². The Labute approximate surface area is 125 Å². The highest BCUT2D eigenvalue weighted by molar-refractivity contribution is 5.79. The highest BCUT2D eigenvalue weighted by atomic mass is 16.2. The smallest absolute Gasteiger partial charge is 0.226 e. The first-order valence-electron chi connectivity index (χ1n) is 8.02. The van der Waals surface area contributed by atoms with Crippen molar-refractivity contribution < 1.29 is 4.79 Å². The second-order valence-corrected chi connectivity index (χ2v) is 6.57. The van der Waals surface area contributed by atoms with Gasteiger partial charge in [-0.25, -0.2) is 0 Å². The van der Waals surface area contributed by atoms with Gasteiger partial charge in [0.05, 0.1) is 6.54 Å². The molecule has 21 heavy (non-hydrogen) atoms. The van der Waals surface area contributed by atoms with E-state index in [0.717, 1.165) is 44.0 Å². The minimum atomic E-state index is 0.119. The van der Waals surface area contributed by atoms with Crippen molar-refractivity contribution in [3.05, 3.63) is 11.6 Å². The molecular weight excluding hydrogens is 266 g/mol. The molecule has 1 saturated carbocycles. The third-order valence-corrected chi connectivity index (χ3v) is 4.89. The first-order chi connectivity index (χ1) is 10.1. The van der Waals surface area contributed by atoms with Gasteiger partial charge in [-0.3, -0.25) is 4.79 Å². The van der Waals surface area contributed by atoms with Gasteiger partial charge in [-0.2, -0.15) is 0 Å². The molecule has 2 aliphatic rings. The van der Waals surface area contributed by atoms with Crippen LogP contribution in [0.15, 0.2) is 0 Å². The van der Waals surface area contributed by atoms with Crippen molar-refractivity contribution in [3.8, 4) is 0 Å². The lowest BCUT2D eigenvalue weighted by Crippen LogP contribution is -2.43. The summed E-state index contributed by atoms with van der Waals surface area (Å²) < 4.78 is 2.17. The van der Waals surface area contributed by atoms with Crippen molar-refractivity contribution >= 4 is 5.91 Å². The van der Waals surface area contributed by atoms with Crippen molar-refractivity contribution in [1.29, 1.82) is 0 Å². The number of carbonyl (C=O) groups excluding carboxylic acids is 1. The Kier molecular flexibility index (Phi) is 3.97. The van der Waals surface area contributed by atoms with Gasteiger partial charge in [-0.15, -0.1) is 10.2 Å². The molecule has 2 heterocycles. The van der Waals surface area contributed by atoms with E-state index in [-0.39, 0.29) is 11.8 Å². The Bertz CT molecular complexity index is 524. The SMILES string of the molecule is CC(C)c1nnc2n1CCN(C(=O)[C@@H]1CCC[C@@H]1CN)C2. The molecule has 0 spiro atoms. The largest absolute Gasteiger partial charge is 0.333 e. The fourth-order valence-electron chi connectivity index (χ4n) is 3.67. The fraction of sp³-hybridized carbons (Fsp3) is 0.800. The molecule has 0 bridgehead atoms. The minimum absolute atomic E-state index is 0.119. The maximum Gasteiger partial charge on any atom is 0.226 e. The number of aromatic nitrogens is 3. The number of carbonyl (C=O) groups is 1. The van der Waals surface area contributed by atoms with Crippen LogP contribution in [0.1, 0.15) is 50.7 Å². The van der Waals surface area contributed by atoms with E-state index in [1.54, 1.807) is 0 Å². The lowest BCUT2D eigenvalue weighted by Gasteiger charge is -2.31. The first-order valence-corrected chi connectivity index (χ1v) is 8.02. The molecular formula is C15H25N5O.